The molecule has 2 aliphatic rings. The molecular formula is C13H15BrClN. The fourth-order valence-corrected chi connectivity index (χ4v) is 3.80. The third-order valence-corrected chi connectivity index (χ3v) is 4.74. The molecule has 2 bridgehead atoms. The summed E-state index contributed by atoms with van der Waals surface area (Å²) >= 11 is 9.60. The number of anilines is 1. The van der Waals surface area contributed by atoms with Crippen LogP contribution < -0.4 is 4.90 Å². The second kappa shape index (κ2) is 4.23. The van der Waals surface area contributed by atoms with Crippen LogP contribution in [0.25, 0.3) is 0 Å². The van der Waals surface area contributed by atoms with Crippen LogP contribution in [0.5, 0.6) is 0 Å². The fraction of sp³-hybridized carbons (Fsp3) is 0.538. The molecule has 0 spiro atoms. The van der Waals surface area contributed by atoms with Crippen molar-refractivity contribution in [3.63, 3.8) is 0 Å². The van der Waals surface area contributed by atoms with E-state index in [0.717, 1.165) is 22.3 Å². The van der Waals surface area contributed by atoms with Gasteiger partial charge in [-0.15, -0.1) is 0 Å². The molecule has 1 aliphatic carbocycles. The van der Waals surface area contributed by atoms with Crippen molar-refractivity contribution in [1.82, 2.24) is 0 Å². The van der Waals surface area contributed by atoms with Gasteiger partial charge in [0.2, 0.25) is 0 Å². The molecule has 1 nitrogen and oxygen atoms in total. The van der Waals surface area contributed by atoms with E-state index in [-0.39, 0.29) is 0 Å². The maximum atomic E-state index is 6.04. The molecule has 0 N–H and O–H groups in total. The first kappa shape index (κ1) is 10.9. The third-order valence-electron chi connectivity index (χ3n) is 3.90. The van der Waals surface area contributed by atoms with Crippen molar-refractivity contribution in [2.75, 3.05) is 11.4 Å². The largest absolute Gasteiger partial charge is 0.368 e. The maximum absolute atomic E-state index is 6.04. The standard InChI is InChI=1S/C13H15BrClN/c14-7-10-6-11(15)2-4-13(10)16-8-9-1-3-12(16)5-9/h2,4,6,9,12H,1,3,5,7-8H2. The Balaban J connectivity index is 1.94. The molecule has 2 unspecified atom stereocenters. The number of benzene rings is 1. The van der Waals surface area contributed by atoms with Crippen molar-refractivity contribution in [3.05, 3.63) is 28.8 Å². The van der Waals surface area contributed by atoms with Crippen molar-refractivity contribution >= 4 is 33.2 Å². The summed E-state index contributed by atoms with van der Waals surface area (Å²) in [4.78, 5) is 2.58. The van der Waals surface area contributed by atoms with E-state index in [1.165, 1.54) is 37.1 Å². The van der Waals surface area contributed by atoms with Crippen LogP contribution in [0.15, 0.2) is 18.2 Å². The Kier molecular flexibility index (Phi) is 2.88. The Morgan fingerprint density at radius 2 is 2.25 bits per heavy atom. The highest BCUT2D eigenvalue weighted by Crippen LogP contribution is 2.41. The van der Waals surface area contributed by atoms with Gasteiger partial charge in [-0.3, -0.25) is 0 Å². The number of nitrogens with zero attached hydrogens (tertiary/aromatic N) is 1. The zero-order valence-electron chi connectivity index (χ0n) is 9.13. The van der Waals surface area contributed by atoms with E-state index in [2.05, 4.69) is 33.0 Å². The molecular weight excluding hydrogens is 286 g/mol. The predicted octanol–water partition coefficient (Wildman–Crippen LogP) is 4.22. The van der Waals surface area contributed by atoms with Crippen molar-refractivity contribution in [2.45, 2.75) is 30.6 Å². The van der Waals surface area contributed by atoms with Gasteiger partial charge in [0, 0.05) is 28.6 Å². The average molecular weight is 301 g/mol. The van der Waals surface area contributed by atoms with E-state index >= 15 is 0 Å². The summed E-state index contributed by atoms with van der Waals surface area (Å²) in [5.74, 6) is 0.934. The number of alkyl halides is 1. The van der Waals surface area contributed by atoms with Crippen molar-refractivity contribution in [2.24, 2.45) is 5.92 Å². The molecule has 1 saturated carbocycles. The lowest BCUT2D eigenvalue weighted by atomic mass is 10.1. The average Bonchev–Trinajstić information content (AvgIpc) is 2.90. The zero-order valence-corrected chi connectivity index (χ0v) is 11.5. The summed E-state index contributed by atoms with van der Waals surface area (Å²) < 4.78 is 0. The number of halogens is 2. The van der Waals surface area contributed by atoms with Gasteiger partial charge in [0.1, 0.15) is 0 Å². The second-order valence-corrected chi connectivity index (χ2v) is 5.89. The second-order valence-electron chi connectivity index (χ2n) is 4.89. The van der Waals surface area contributed by atoms with Crippen molar-refractivity contribution in [1.29, 1.82) is 0 Å². The normalized spacial score (nSPS) is 27.8. The molecule has 16 heavy (non-hydrogen) atoms. The number of hydrogen-bond acceptors (Lipinski definition) is 1. The highest BCUT2D eigenvalue weighted by atomic mass is 79.9. The monoisotopic (exact) mass is 299 g/mol. The van der Waals surface area contributed by atoms with Crippen LogP contribution in [0.2, 0.25) is 5.02 Å². The minimum atomic E-state index is 0.781. The van der Waals surface area contributed by atoms with Crippen molar-refractivity contribution in [3.8, 4) is 0 Å². The molecule has 2 fully saturated rings. The molecule has 1 heterocycles. The van der Waals surface area contributed by atoms with Gasteiger partial charge in [0.25, 0.3) is 0 Å². The predicted molar refractivity (Wildman–Crippen MR) is 72.6 cm³/mol. The molecule has 0 aromatic heterocycles. The van der Waals surface area contributed by atoms with Crippen LogP contribution in [-0.4, -0.2) is 12.6 Å². The van der Waals surface area contributed by atoms with Gasteiger partial charge in [-0.2, -0.15) is 0 Å². The molecule has 1 aliphatic heterocycles. The van der Waals surface area contributed by atoms with E-state index in [9.17, 15) is 0 Å². The van der Waals surface area contributed by atoms with Crippen LogP contribution in [0.4, 0.5) is 5.69 Å². The highest BCUT2D eigenvalue weighted by Gasteiger charge is 2.38. The number of fused-ring (bicyclic) bond motifs is 2. The van der Waals surface area contributed by atoms with E-state index in [1.54, 1.807) is 0 Å². The Hall–Kier alpha value is -0.210. The highest BCUT2D eigenvalue weighted by molar-refractivity contribution is 9.08. The van der Waals surface area contributed by atoms with Crippen molar-refractivity contribution < 1.29 is 0 Å². The first-order chi connectivity index (χ1) is 7.78. The van der Waals surface area contributed by atoms with E-state index < -0.39 is 0 Å². The number of piperidine rings is 1. The van der Waals surface area contributed by atoms with Gasteiger partial charge in [-0.25, -0.2) is 0 Å². The van der Waals surface area contributed by atoms with Gasteiger partial charge in [0.05, 0.1) is 0 Å². The van der Waals surface area contributed by atoms with E-state index in [4.69, 9.17) is 11.6 Å². The van der Waals surface area contributed by atoms with Crippen LogP contribution in [-0.2, 0) is 5.33 Å². The minimum absolute atomic E-state index is 0.781. The van der Waals surface area contributed by atoms with Crippen LogP contribution in [0.1, 0.15) is 24.8 Å². The first-order valence-electron chi connectivity index (χ1n) is 5.89. The fourth-order valence-electron chi connectivity index (χ4n) is 3.16. The molecule has 2 atom stereocenters. The summed E-state index contributed by atoms with van der Waals surface area (Å²) in [6, 6.07) is 7.05. The van der Waals surface area contributed by atoms with Gasteiger partial charge in [-0.05, 0) is 48.9 Å². The van der Waals surface area contributed by atoms with Gasteiger partial charge < -0.3 is 4.90 Å². The SMILES string of the molecule is Clc1ccc(N2CC3CCC2C3)c(CBr)c1. The molecule has 1 aromatic rings. The Morgan fingerprint density at radius 1 is 1.38 bits per heavy atom. The molecule has 3 rings (SSSR count). The smallest absolute Gasteiger partial charge is 0.0410 e. The number of hydrogen-bond donors (Lipinski definition) is 0. The molecule has 0 amide bonds. The summed E-state index contributed by atoms with van der Waals surface area (Å²) in [7, 11) is 0. The third kappa shape index (κ3) is 1.76. The lowest BCUT2D eigenvalue weighted by Crippen LogP contribution is -2.32. The lowest BCUT2D eigenvalue weighted by Gasteiger charge is -2.30. The van der Waals surface area contributed by atoms with Gasteiger partial charge in [-0.1, -0.05) is 27.5 Å². The maximum Gasteiger partial charge on any atom is 0.0410 e. The molecule has 3 heteroatoms. The lowest BCUT2D eigenvalue weighted by molar-refractivity contribution is 0.553. The topological polar surface area (TPSA) is 3.24 Å². The van der Waals surface area contributed by atoms with Gasteiger partial charge >= 0.3 is 0 Å². The Morgan fingerprint density at radius 3 is 2.88 bits per heavy atom. The van der Waals surface area contributed by atoms with E-state index in [1.807, 2.05) is 6.07 Å². The summed E-state index contributed by atoms with van der Waals surface area (Å²) in [6.07, 6.45) is 4.19. The van der Waals surface area contributed by atoms with Crippen LogP contribution in [0.3, 0.4) is 0 Å². The Bertz CT molecular complexity index is 407. The number of rotatable bonds is 2. The summed E-state index contributed by atoms with van der Waals surface area (Å²) in [5.41, 5.74) is 2.70. The summed E-state index contributed by atoms with van der Waals surface area (Å²) in [5, 5.41) is 1.72. The quantitative estimate of drug-likeness (QED) is 0.739. The molecule has 1 saturated heterocycles. The first-order valence-corrected chi connectivity index (χ1v) is 7.39. The summed E-state index contributed by atoms with van der Waals surface area (Å²) in [6.45, 7) is 1.24. The molecule has 86 valence electrons. The minimum Gasteiger partial charge on any atom is -0.368 e. The Labute approximate surface area is 110 Å². The molecule has 0 radical (unpaired) electrons. The zero-order chi connectivity index (χ0) is 11.1. The van der Waals surface area contributed by atoms with Crippen LogP contribution in [0, 0.1) is 5.92 Å². The van der Waals surface area contributed by atoms with Crippen LogP contribution >= 0.6 is 27.5 Å². The van der Waals surface area contributed by atoms with E-state index in [0.29, 0.717) is 0 Å². The molecule has 1 aromatic carbocycles. The van der Waals surface area contributed by atoms with Gasteiger partial charge in [0.15, 0.2) is 0 Å².